The van der Waals surface area contributed by atoms with Gasteiger partial charge in [0.05, 0.1) is 21.2 Å². The van der Waals surface area contributed by atoms with Crippen LogP contribution in [0.3, 0.4) is 0 Å². The molecule has 0 aliphatic carbocycles. The highest BCUT2D eigenvalue weighted by atomic mass is 32.2. The molecular weight excluding hydrogens is 248 g/mol. The maximum absolute atomic E-state index is 12.4. The van der Waals surface area contributed by atoms with Crippen LogP contribution in [0.5, 0.6) is 0 Å². The summed E-state index contributed by atoms with van der Waals surface area (Å²) in [6.45, 7) is 1.76. The van der Waals surface area contributed by atoms with Crippen molar-refractivity contribution in [3.05, 3.63) is 48.0 Å². The van der Waals surface area contributed by atoms with Crippen molar-refractivity contribution in [1.29, 1.82) is 0 Å². The zero-order valence-corrected chi connectivity index (χ0v) is 10.7. The molecule has 0 aliphatic heterocycles. The summed E-state index contributed by atoms with van der Waals surface area (Å²) in [6, 6.07) is 11.2. The van der Waals surface area contributed by atoms with Crippen LogP contribution in [-0.4, -0.2) is 8.42 Å². The fraction of sp³-hybridized carbons (Fsp3) is 0.0769. The fourth-order valence-electron chi connectivity index (χ4n) is 1.70. The van der Waals surface area contributed by atoms with Crippen molar-refractivity contribution >= 4 is 21.2 Å². The summed E-state index contributed by atoms with van der Waals surface area (Å²) in [6.07, 6.45) is 0. The van der Waals surface area contributed by atoms with Gasteiger partial charge in [-0.3, -0.25) is 0 Å². The minimum atomic E-state index is -3.54. The lowest BCUT2D eigenvalue weighted by atomic mass is 10.2. The smallest absolute Gasteiger partial charge is 0.206 e. The van der Waals surface area contributed by atoms with E-state index in [4.69, 9.17) is 11.5 Å². The number of nitrogens with two attached hydrogens (primary N) is 2. The lowest BCUT2D eigenvalue weighted by Gasteiger charge is -2.09. The first-order chi connectivity index (χ1) is 8.43. The second-order valence-electron chi connectivity index (χ2n) is 4.06. The Labute approximate surface area is 106 Å². The number of anilines is 2. The van der Waals surface area contributed by atoms with Crippen molar-refractivity contribution in [2.45, 2.75) is 16.7 Å². The van der Waals surface area contributed by atoms with Gasteiger partial charge in [0.15, 0.2) is 0 Å². The molecule has 0 atom stereocenters. The van der Waals surface area contributed by atoms with Gasteiger partial charge in [-0.15, -0.1) is 0 Å². The van der Waals surface area contributed by atoms with Crippen LogP contribution < -0.4 is 11.5 Å². The molecule has 0 spiro atoms. The topological polar surface area (TPSA) is 86.2 Å². The molecule has 0 aromatic heterocycles. The van der Waals surface area contributed by atoms with Gasteiger partial charge < -0.3 is 11.5 Å². The summed E-state index contributed by atoms with van der Waals surface area (Å²) in [7, 11) is -3.54. The molecule has 18 heavy (non-hydrogen) atoms. The van der Waals surface area contributed by atoms with Crippen LogP contribution in [0, 0.1) is 6.92 Å². The Hall–Kier alpha value is -2.01. The highest BCUT2D eigenvalue weighted by Gasteiger charge is 2.19. The molecule has 2 aromatic rings. The number of benzene rings is 2. The Morgan fingerprint density at radius 1 is 0.944 bits per heavy atom. The van der Waals surface area contributed by atoms with Crippen LogP contribution in [0.2, 0.25) is 0 Å². The first-order valence-electron chi connectivity index (χ1n) is 5.38. The van der Waals surface area contributed by atoms with E-state index in [9.17, 15) is 8.42 Å². The minimum absolute atomic E-state index is 0.156. The maximum atomic E-state index is 12.4. The van der Waals surface area contributed by atoms with Crippen LogP contribution in [0.25, 0.3) is 0 Å². The van der Waals surface area contributed by atoms with Gasteiger partial charge in [-0.1, -0.05) is 18.2 Å². The van der Waals surface area contributed by atoms with Gasteiger partial charge in [0.25, 0.3) is 0 Å². The van der Waals surface area contributed by atoms with Crippen LogP contribution >= 0.6 is 0 Å². The molecule has 0 aliphatic rings. The quantitative estimate of drug-likeness (QED) is 0.810. The number of nitrogen functional groups attached to an aromatic ring is 2. The summed E-state index contributed by atoms with van der Waals surface area (Å²) in [4.78, 5) is 0.442. The van der Waals surface area contributed by atoms with Crippen molar-refractivity contribution in [2.24, 2.45) is 0 Å². The second-order valence-corrected chi connectivity index (χ2v) is 5.98. The van der Waals surface area contributed by atoms with E-state index in [2.05, 4.69) is 0 Å². The van der Waals surface area contributed by atoms with E-state index >= 15 is 0 Å². The van der Waals surface area contributed by atoms with E-state index in [0.717, 1.165) is 0 Å². The SMILES string of the molecule is Cc1ccccc1S(=O)(=O)c1ccc(N)c(N)c1. The molecule has 0 unspecified atom stereocenters. The van der Waals surface area contributed by atoms with Gasteiger partial charge in [-0.2, -0.15) is 0 Å². The Bertz CT molecular complexity index is 694. The third kappa shape index (κ3) is 2.04. The Balaban J connectivity index is 2.62. The fourth-order valence-corrected chi connectivity index (χ4v) is 3.24. The van der Waals surface area contributed by atoms with Crippen molar-refractivity contribution in [1.82, 2.24) is 0 Å². The van der Waals surface area contributed by atoms with E-state index in [-0.39, 0.29) is 15.5 Å². The van der Waals surface area contributed by atoms with Crippen LogP contribution in [-0.2, 0) is 9.84 Å². The van der Waals surface area contributed by atoms with E-state index < -0.39 is 9.84 Å². The van der Waals surface area contributed by atoms with Crippen molar-refractivity contribution in [2.75, 3.05) is 11.5 Å². The van der Waals surface area contributed by atoms with E-state index in [1.165, 1.54) is 18.2 Å². The molecule has 0 saturated carbocycles. The van der Waals surface area contributed by atoms with E-state index in [0.29, 0.717) is 11.3 Å². The van der Waals surface area contributed by atoms with Gasteiger partial charge in [0.2, 0.25) is 9.84 Å². The average Bonchev–Trinajstić information content (AvgIpc) is 2.33. The molecule has 2 aromatic carbocycles. The molecule has 0 amide bonds. The third-order valence-electron chi connectivity index (χ3n) is 2.75. The lowest BCUT2D eigenvalue weighted by Crippen LogP contribution is -2.05. The predicted molar refractivity (Wildman–Crippen MR) is 71.9 cm³/mol. The number of hydrogen-bond acceptors (Lipinski definition) is 4. The Morgan fingerprint density at radius 2 is 1.61 bits per heavy atom. The molecule has 0 heterocycles. The Kier molecular flexibility index (Phi) is 3.00. The zero-order chi connectivity index (χ0) is 13.3. The van der Waals surface area contributed by atoms with Gasteiger partial charge in [-0.05, 0) is 36.8 Å². The van der Waals surface area contributed by atoms with Gasteiger partial charge in [-0.25, -0.2) is 8.42 Å². The molecule has 4 N–H and O–H groups in total. The minimum Gasteiger partial charge on any atom is -0.397 e. The highest BCUT2D eigenvalue weighted by Crippen LogP contribution is 2.27. The number of rotatable bonds is 2. The summed E-state index contributed by atoms with van der Waals surface area (Å²) >= 11 is 0. The molecule has 2 rings (SSSR count). The molecule has 0 fully saturated rings. The summed E-state index contributed by atoms with van der Waals surface area (Å²) in [5.41, 5.74) is 12.6. The highest BCUT2D eigenvalue weighted by molar-refractivity contribution is 7.91. The van der Waals surface area contributed by atoms with Crippen LogP contribution in [0.4, 0.5) is 11.4 Å². The van der Waals surface area contributed by atoms with E-state index in [1.54, 1.807) is 31.2 Å². The van der Waals surface area contributed by atoms with Crippen molar-refractivity contribution in [3.63, 3.8) is 0 Å². The lowest BCUT2D eigenvalue weighted by molar-refractivity contribution is 0.595. The molecule has 4 nitrogen and oxygen atoms in total. The molecule has 94 valence electrons. The summed E-state index contributed by atoms with van der Waals surface area (Å²) < 4.78 is 24.8. The first-order valence-corrected chi connectivity index (χ1v) is 6.87. The Morgan fingerprint density at radius 3 is 2.22 bits per heavy atom. The average molecular weight is 262 g/mol. The van der Waals surface area contributed by atoms with Crippen LogP contribution in [0.15, 0.2) is 52.3 Å². The van der Waals surface area contributed by atoms with Crippen LogP contribution in [0.1, 0.15) is 5.56 Å². The van der Waals surface area contributed by atoms with Crippen molar-refractivity contribution < 1.29 is 8.42 Å². The summed E-state index contributed by atoms with van der Waals surface area (Å²) in [5.74, 6) is 0. The normalized spacial score (nSPS) is 11.4. The largest absolute Gasteiger partial charge is 0.397 e. The molecule has 0 saturated heterocycles. The molecule has 5 heteroatoms. The maximum Gasteiger partial charge on any atom is 0.206 e. The second kappa shape index (κ2) is 4.34. The number of aryl methyl sites for hydroxylation is 1. The van der Waals surface area contributed by atoms with Gasteiger partial charge >= 0.3 is 0 Å². The predicted octanol–water partition coefficient (Wildman–Crippen LogP) is 1.99. The zero-order valence-electron chi connectivity index (χ0n) is 9.92. The summed E-state index contributed by atoms with van der Waals surface area (Å²) in [5, 5.41) is 0. The number of hydrogen-bond donors (Lipinski definition) is 2. The van der Waals surface area contributed by atoms with Crippen molar-refractivity contribution in [3.8, 4) is 0 Å². The molecule has 0 radical (unpaired) electrons. The standard InChI is InChI=1S/C13H14N2O2S/c1-9-4-2-3-5-13(9)18(16,17)10-6-7-11(14)12(15)8-10/h2-8H,14-15H2,1H3. The third-order valence-corrected chi connectivity index (χ3v) is 4.66. The molecule has 0 bridgehead atoms. The molecular formula is C13H14N2O2S. The van der Waals surface area contributed by atoms with Gasteiger partial charge in [0.1, 0.15) is 0 Å². The monoisotopic (exact) mass is 262 g/mol. The first kappa shape index (κ1) is 12.4. The van der Waals surface area contributed by atoms with E-state index in [1.807, 2.05) is 0 Å². The van der Waals surface area contributed by atoms with Gasteiger partial charge in [0, 0.05) is 0 Å². The number of sulfone groups is 1.